The van der Waals surface area contributed by atoms with E-state index in [1.165, 1.54) is 18.4 Å². The maximum atomic E-state index is 13.9. The van der Waals surface area contributed by atoms with Gasteiger partial charge in [-0.05, 0) is 38.1 Å². The van der Waals surface area contributed by atoms with E-state index in [1.54, 1.807) is 7.05 Å². The molecular formula is C12H13F2NO. The molecule has 0 saturated heterocycles. The SMILES string of the molecule is CN[C@@H](C)Cc1cc(F)c2ccoc2c1F. The van der Waals surface area contributed by atoms with Crippen molar-refractivity contribution in [3.8, 4) is 0 Å². The molecule has 0 aliphatic rings. The van der Waals surface area contributed by atoms with E-state index in [1.807, 2.05) is 6.92 Å². The Bertz CT molecular complexity index is 507. The highest BCUT2D eigenvalue weighted by molar-refractivity contribution is 5.79. The second-order valence-corrected chi connectivity index (χ2v) is 3.89. The van der Waals surface area contributed by atoms with Crippen LogP contribution in [0.2, 0.25) is 0 Å². The Morgan fingerprint density at radius 2 is 2.19 bits per heavy atom. The summed E-state index contributed by atoms with van der Waals surface area (Å²) in [6.45, 7) is 1.91. The third-order valence-electron chi connectivity index (χ3n) is 2.72. The van der Waals surface area contributed by atoms with Gasteiger partial charge < -0.3 is 9.73 Å². The molecule has 0 unspecified atom stereocenters. The van der Waals surface area contributed by atoms with Crippen LogP contribution in [0.3, 0.4) is 0 Å². The molecule has 2 aromatic rings. The Balaban J connectivity index is 2.49. The number of nitrogens with one attached hydrogen (secondary N) is 1. The molecule has 0 saturated carbocycles. The Labute approximate surface area is 92.2 Å². The molecule has 16 heavy (non-hydrogen) atoms. The number of fused-ring (bicyclic) bond motifs is 1. The molecule has 0 aliphatic carbocycles. The molecule has 86 valence electrons. The van der Waals surface area contributed by atoms with Crippen LogP contribution in [0.5, 0.6) is 0 Å². The number of halogens is 2. The van der Waals surface area contributed by atoms with Crippen molar-refractivity contribution in [1.29, 1.82) is 0 Å². The third-order valence-corrected chi connectivity index (χ3v) is 2.72. The van der Waals surface area contributed by atoms with E-state index < -0.39 is 11.6 Å². The smallest absolute Gasteiger partial charge is 0.172 e. The molecule has 0 fully saturated rings. The fourth-order valence-electron chi connectivity index (χ4n) is 1.69. The summed E-state index contributed by atoms with van der Waals surface area (Å²) in [6.07, 6.45) is 1.72. The molecule has 0 aliphatic heterocycles. The largest absolute Gasteiger partial charge is 0.461 e. The summed E-state index contributed by atoms with van der Waals surface area (Å²) < 4.78 is 32.4. The van der Waals surface area contributed by atoms with Gasteiger partial charge in [-0.3, -0.25) is 0 Å². The minimum Gasteiger partial charge on any atom is -0.461 e. The van der Waals surface area contributed by atoms with Gasteiger partial charge in [0, 0.05) is 6.04 Å². The number of benzene rings is 1. The van der Waals surface area contributed by atoms with Crippen LogP contribution in [0.1, 0.15) is 12.5 Å². The summed E-state index contributed by atoms with van der Waals surface area (Å²) in [5.74, 6) is -0.910. The minimum atomic E-state index is -0.469. The molecule has 0 bridgehead atoms. The zero-order valence-corrected chi connectivity index (χ0v) is 9.18. The lowest BCUT2D eigenvalue weighted by molar-refractivity contribution is 0.530. The molecule has 0 spiro atoms. The lowest BCUT2D eigenvalue weighted by Crippen LogP contribution is -2.24. The summed E-state index contributed by atoms with van der Waals surface area (Å²) >= 11 is 0. The summed E-state index contributed by atoms with van der Waals surface area (Å²) in [5.41, 5.74) is 0.333. The molecule has 1 aromatic carbocycles. The van der Waals surface area contributed by atoms with Gasteiger partial charge in [0.05, 0.1) is 11.6 Å². The first-order valence-electron chi connectivity index (χ1n) is 5.14. The van der Waals surface area contributed by atoms with Gasteiger partial charge in [-0.25, -0.2) is 8.78 Å². The van der Waals surface area contributed by atoms with Gasteiger partial charge in [-0.15, -0.1) is 0 Å². The van der Waals surface area contributed by atoms with Crippen molar-refractivity contribution in [2.24, 2.45) is 0 Å². The van der Waals surface area contributed by atoms with Crippen LogP contribution in [-0.4, -0.2) is 13.1 Å². The van der Waals surface area contributed by atoms with Crippen molar-refractivity contribution in [2.75, 3.05) is 7.05 Å². The number of furan rings is 1. The number of hydrogen-bond acceptors (Lipinski definition) is 2. The predicted molar refractivity (Wildman–Crippen MR) is 58.4 cm³/mol. The number of rotatable bonds is 3. The van der Waals surface area contributed by atoms with E-state index in [-0.39, 0.29) is 17.0 Å². The maximum absolute atomic E-state index is 13.9. The lowest BCUT2D eigenvalue weighted by Gasteiger charge is -2.11. The van der Waals surface area contributed by atoms with E-state index >= 15 is 0 Å². The van der Waals surface area contributed by atoms with Crippen molar-refractivity contribution < 1.29 is 13.2 Å². The van der Waals surface area contributed by atoms with Crippen molar-refractivity contribution in [1.82, 2.24) is 5.32 Å². The highest BCUT2D eigenvalue weighted by atomic mass is 19.1. The fraction of sp³-hybridized carbons (Fsp3) is 0.333. The first-order chi connectivity index (χ1) is 7.63. The van der Waals surface area contributed by atoms with Crippen LogP contribution >= 0.6 is 0 Å². The van der Waals surface area contributed by atoms with E-state index in [0.29, 0.717) is 12.0 Å². The average Bonchev–Trinajstić information content (AvgIpc) is 2.74. The van der Waals surface area contributed by atoms with Crippen LogP contribution < -0.4 is 5.32 Å². The first kappa shape index (κ1) is 11.1. The van der Waals surface area contributed by atoms with Gasteiger partial charge in [-0.1, -0.05) is 0 Å². The molecule has 1 atom stereocenters. The van der Waals surface area contributed by atoms with Crippen molar-refractivity contribution in [3.05, 3.63) is 35.6 Å². The number of hydrogen-bond donors (Lipinski definition) is 1. The molecule has 4 heteroatoms. The predicted octanol–water partition coefficient (Wildman–Crippen LogP) is 2.86. The van der Waals surface area contributed by atoms with Gasteiger partial charge in [0.25, 0.3) is 0 Å². The summed E-state index contributed by atoms with van der Waals surface area (Å²) in [6, 6.07) is 2.75. The van der Waals surface area contributed by atoms with E-state index in [9.17, 15) is 8.78 Å². The molecule has 1 N–H and O–H groups in total. The van der Waals surface area contributed by atoms with Crippen molar-refractivity contribution in [3.63, 3.8) is 0 Å². The highest BCUT2D eigenvalue weighted by Crippen LogP contribution is 2.25. The van der Waals surface area contributed by atoms with Gasteiger partial charge in [-0.2, -0.15) is 0 Å². The second-order valence-electron chi connectivity index (χ2n) is 3.89. The van der Waals surface area contributed by atoms with Crippen molar-refractivity contribution in [2.45, 2.75) is 19.4 Å². The molecule has 1 aromatic heterocycles. The second kappa shape index (κ2) is 4.22. The zero-order chi connectivity index (χ0) is 11.7. The molecule has 1 heterocycles. The van der Waals surface area contributed by atoms with Crippen LogP contribution in [0.25, 0.3) is 11.0 Å². The monoisotopic (exact) mass is 225 g/mol. The average molecular weight is 225 g/mol. The van der Waals surface area contributed by atoms with Gasteiger partial charge in [0.15, 0.2) is 11.4 Å². The van der Waals surface area contributed by atoms with E-state index in [0.717, 1.165) is 0 Å². The molecule has 2 nitrogen and oxygen atoms in total. The quantitative estimate of drug-likeness (QED) is 0.868. The normalized spacial score (nSPS) is 13.2. The van der Waals surface area contributed by atoms with Crippen LogP contribution in [0, 0.1) is 11.6 Å². The third kappa shape index (κ3) is 1.80. The Kier molecular flexibility index (Phi) is 2.92. The summed E-state index contributed by atoms with van der Waals surface area (Å²) in [7, 11) is 1.78. The van der Waals surface area contributed by atoms with Crippen molar-refractivity contribution >= 4 is 11.0 Å². The summed E-state index contributed by atoms with van der Waals surface area (Å²) in [4.78, 5) is 0. The lowest BCUT2D eigenvalue weighted by atomic mass is 10.0. The van der Waals surface area contributed by atoms with Crippen LogP contribution in [0.4, 0.5) is 8.78 Å². The highest BCUT2D eigenvalue weighted by Gasteiger charge is 2.16. The Morgan fingerprint density at radius 1 is 1.44 bits per heavy atom. The molecule has 0 radical (unpaired) electrons. The molecule has 0 amide bonds. The van der Waals surface area contributed by atoms with Gasteiger partial charge >= 0.3 is 0 Å². The van der Waals surface area contributed by atoms with Gasteiger partial charge in [0.1, 0.15) is 5.82 Å². The molecular weight excluding hydrogens is 212 g/mol. The number of likely N-dealkylation sites (N-methyl/N-ethyl adjacent to an activating group) is 1. The maximum Gasteiger partial charge on any atom is 0.172 e. The van der Waals surface area contributed by atoms with Crippen LogP contribution in [-0.2, 0) is 6.42 Å². The Morgan fingerprint density at radius 3 is 2.88 bits per heavy atom. The Hall–Kier alpha value is -1.42. The van der Waals surface area contributed by atoms with Gasteiger partial charge in [0.2, 0.25) is 0 Å². The molecule has 2 rings (SSSR count). The summed E-state index contributed by atoms with van der Waals surface area (Å²) in [5, 5.41) is 3.18. The van der Waals surface area contributed by atoms with E-state index in [2.05, 4.69) is 5.32 Å². The standard InChI is InChI=1S/C12H13F2NO/c1-7(15-2)5-8-6-10(13)9-3-4-16-12(9)11(8)14/h3-4,6-7,15H,5H2,1-2H3/t7-/m0/s1. The van der Waals surface area contributed by atoms with E-state index in [4.69, 9.17) is 4.42 Å². The minimum absolute atomic E-state index is 0.00157. The fourth-order valence-corrected chi connectivity index (χ4v) is 1.69. The topological polar surface area (TPSA) is 25.2 Å². The van der Waals surface area contributed by atoms with Crippen LogP contribution in [0.15, 0.2) is 22.8 Å². The zero-order valence-electron chi connectivity index (χ0n) is 9.18. The first-order valence-corrected chi connectivity index (χ1v) is 5.14.